The number of benzene rings is 1. The second-order valence-electron chi connectivity index (χ2n) is 6.70. The van der Waals surface area contributed by atoms with Gasteiger partial charge in [-0.05, 0) is 36.5 Å². The number of ether oxygens (including phenoxy) is 2. The average molecular weight is 356 g/mol. The van der Waals surface area contributed by atoms with Crippen LogP contribution in [0, 0.1) is 11.8 Å². The van der Waals surface area contributed by atoms with E-state index in [1.165, 1.54) is 4.31 Å². The molecule has 0 spiro atoms. The lowest BCUT2D eigenvalue weighted by molar-refractivity contribution is 0.211. The lowest BCUT2D eigenvalue weighted by Crippen LogP contribution is -2.48. The first-order chi connectivity index (χ1) is 11.3. The number of hydrogen-bond donors (Lipinski definition) is 0. The third kappa shape index (κ3) is 4.20. The Bertz CT molecular complexity index is 653. The lowest BCUT2D eigenvalue weighted by Gasteiger charge is -2.36. The zero-order valence-corrected chi connectivity index (χ0v) is 16.0. The molecule has 2 rings (SSSR count). The van der Waals surface area contributed by atoms with Gasteiger partial charge >= 0.3 is 0 Å². The summed E-state index contributed by atoms with van der Waals surface area (Å²) in [6, 6.07) is 5.40. The normalized spacial score (nSPS) is 22.6. The van der Waals surface area contributed by atoms with Crippen molar-refractivity contribution in [3.63, 3.8) is 0 Å². The first kappa shape index (κ1) is 19.0. The van der Waals surface area contributed by atoms with Gasteiger partial charge in [-0.25, -0.2) is 0 Å². The van der Waals surface area contributed by atoms with Crippen LogP contribution in [0.1, 0.15) is 25.8 Å². The third-order valence-electron chi connectivity index (χ3n) is 4.44. The molecule has 0 N–H and O–H groups in total. The van der Waals surface area contributed by atoms with Crippen molar-refractivity contribution in [1.82, 2.24) is 8.61 Å². The van der Waals surface area contributed by atoms with E-state index in [1.54, 1.807) is 37.7 Å². The van der Waals surface area contributed by atoms with Crippen LogP contribution in [0.5, 0.6) is 11.5 Å². The molecule has 0 amide bonds. The van der Waals surface area contributed by atoms with Crippen LogP contribution in [-0.2, 0) is 16.8 Å². The van der Waals surface area contributed by atoms with E-state index in [1.807, 2.05) is 6.07 Å². The van der Waals surface area contributed by atoms with Crippen LogP contribution in [0.15, 0.2) is 18.2 Å². The zero-order valence-electron chi connectivity index (χ0n) is 15.2. The molecule has 2 atom stereocenters. The van der Waals surface area contributed by atoms with Crippen molar-refractivity contribution >= 4 is 10.2 Å². The molecule has 0 aromatic heterocycles. The van der Waals surface area contributed by atoms with Crippen molar-refractivity contribution in [2.45, 2.75) is 26.8 Å². The molecular formula is C17H28N2O4S. The van der Waals surface area contributed by atoms with Crippen LogP contribution in [0.4, 0.5) is 0 Å². The minimum Gasteiger partial charge on any atom is -0.497 e. The van der Waals surface area contributed by atoms with Crippen molar-refractivity contribution in [3.8, 4) is 11.5 Å². The molecule has 24 heavy (non-hydrogen) atoms. The van der Waals surface area contributed by atoms with Gasteiger partial charge in [-0.15, -0.1) is 0 Å². The van der Waals surface area contributed by atoms with Crippen LogP contribution in [-0.4, -0.2) is 51.4 Å². The second kappa shape index (κ2) is 7.72. The third-order valence-corrected chi connectivity index (χ3v) is 6.30. The maximum Gasteiger partial charge on any atom is 0.282 e. The largest absolute Gasteiger partial charge is 0.497 e. The first-order valence-electron chi connectivity index (χ1n) is 8.20. The predicted molar refractivity (Wildman–Crippen MR) is 94.5 cm³/mol. The van der Waals surface area contributed by atoms with Crippen molar-refractivity contribution < 1.29 is 17.9 Å². The summed E-state index contributed by atoms with van der Waals surface area (Å²) in [5.74, 6) is 2.08. The minimum absolute atomic E-state index is 0.238. The Hall–Kier alpha value is -1.31. The number of hydrogen-bond acceptors (Lipinski definition) is 4. The quantitative estimate of drug-likeness (QED) is 0.785. The fourth-order valence-corrected chi connectivity index (χ4v) is 4.90. The highest BCUT2D eigenvalue weighted by molar-refractivity contribution is 7.86. The molecule has 7 heteroatoms. The molecule has 1 aliphatic heterocycles. The van der Waals surface area contributed by atoms with Gasteiger partial charge in [0.1, 0.15) is 11.5 Å². The van der Waals surface area contributed by atoms with Crippen LogP contribution < -0.4 is 9.47 Å². The Balaban J connectivity index is 2.20. The van der Waals surface area contributed by atoms with E-state index in [-0.39, 0.29) is 6.54 Å². The monoisotopic (exact) mass is 356 g/mol. The first-order valence-corrected chi connectivity index (χ1v) is 9.60. The van der Waals surface area contributed by atoms with Gasteiger partial charge < -0.3 is 9.47 Å². The highest BCUT2D eigenvalue weighted by Crippen LogP contribution is 2.28. The molecule has 0 aliphatic carbocycles. The number of piperidine rings is 1. The van der Waals surface area contributed by atoms with Crippen molar-refractivity contribution in [3.05, 3.63) is 23.8 Å². The van der Waals surface area contributed by atoms with Crippen LogP contribution >= 0.6 is 0 Å². The van der Waals surface area contributed by atoms with E-state index in [9.17, 15) is 8.42 Å². The summed E-state index contributed by atoms with van der Waals surface area (Å²) in [7, 11) is 1.27. The summed E-state index contributed by atoms with van der Waals surface area (Å²) >= 11 is 0. The molecule has 1 aromatic rings. The van der Waals surface area contributed by atoms with Crippen LogP contribution in [0.2, 0.25) is 0 Å². The zero-order chi connectivity index (χ0) is 17.9. The number of nitrogens with zero attached hydrogens (tertiary/aromatic N) is 2. The Morgan fingerprint density at radius 3 is 2.33 bits per heavy atom. The van der Waals surface area contributed by atoms with Gasteiger partial charge in [0, 0.05) is 32.2 Å². The Kier molecular flexibility index (Phi) is 6.11. The van der Waals surface area contributed by atoms with E-state index in [0.29, 0.717) is 36.4 Å². The highest BCUT2D eigenvalue weighted by Gasteiger charge is 2.33. The molecule has 1 heterocycles. The van der Waals surface area contributed by atoms with E-state index in [0.717, 1.165) is 12.0 Å². The summed E-state index contributed by atoms with van der Waals surface area (Å²) in [5, 5.41) is 0. The Labute approximate surface area is 145 Å². The number of rotatable bonds is 6. The van der Waals surface area contributed by atoms with Gasteiger partial charge in [-0.3, -0.25) is 0 Å². The summed E-state index contributed by atoms with van der Waals surface area (Å²) in [6.45, 7) is 5.59. The molecule has 1 fully saturated rings. The second-order valence-corrected chi connectivity index (χ2v) is 8.74. The molecule has 0 bridgehead atoms. The maximum absolute atomic E-state index is 12.9. The molecule has 0 saturated carbocycles. The number of methoxy groups -OCH3 is 2. The van der Waals surface area contributed by atoms with Gasteiger partial charge in [-0.2, -0.15) is 17.0 Å². The molecule has 2 unspecified atom stereocenters. The van der Waals surface area contributed by atoms with Gasteiger partial charge in [0.2, 0.25) is 0 Å². The van der Waals surface area contributed by atoms with E-state index in [2.05, 4.69) is 13.8 Å². The SMILES string of the molecule is COc1ccc(OC)c(CN(C)S(=O)(=O)N2CC(C)CC(C)C2)c1. The van der Waals surface area contributed by atoms with E-state index < -0.39 is 10.2 Å². The Morgan fingerprint density at radius 2 is 1.79 bits per heavy atom. The summed E-state index contributed by atoms with van der Waals surface area (Å²) in [5.41, 5.74) is 0.779. The molecule has 1 aliphatic rings. The van der Waals surface area contributed by atoms with E-state index in [4.69, 9.17) is 9.47 Å². The lowest BCUT2D eigenvalue weighted by atomic mass is 9.94. The standard InChI is InChI=1S/C17H28N2O4S/c1-13-8-14(2)11-19(10-13)24(20,21)18(3)12-15-9-16(22-4)6-7-17(15)23-5/h6-7,9,13-14H,8,10-12H2,1-5H3. The summed E-state index contributed by atoms with van der Waals surface area (Å²) in [6.07, 6.45) is 1.07. The van der Waals surface area contributed by atoms with Gasteiger partial charge in [0.15, 0.2) is 0 Å². The van der Waals surface area contributed by atoms with E-state index >= 15 is 0 Å². The summed E-state index contributed by atoms with van der Waals surface area (Å²) in [4.78, 5) is 0. The molecule has 1 aromatic carbocycles. The fourth-order valence-electron chi connectivity index (χ4n) is 3.32. The topological polar surface area (TPSA) is 59.1 Å². The van der Waals surface area contributed by atoms with Crippen LogP contribution in [0.3, 0.4) is 0 Å². The van der Waals surface area contributed by atoms with Crippen molar-refractivity contribution in [2.24, 2.45) is 11.8 Å². The van der Waals surface area contributed by atoms with Gasteiger partial charge in [0.25, 0.3) is 10.2 Å². The molecular weight excluding hydrogens is 328 g/mol. The van der Waals surface area contributed by atoms with Crippen molar-refractivity contribution in [1.29, 1.82) is 0 Å². The molecule has 136 valence electrons. The van der Waals surface area contributed by atoms with Crippen LogP contribution in [0.25, 0.3) is 0 Å². The molecule has 0 radical (unpaired) electrons. The highest BCUT2D eigenvalue weighted by atomic mass is 32.2. The molecule has 6 nitrogen and oxygen atoms in total. The fraction of sp³-hybridized carbons (Fsp3) is 0.647. The molecule has 1 saturated heterocycles. The van der Waals surface area contributed by atoms with Gasteiger partial charge in [0.05, 0.1) is 14.2 Å². The summed E-state index contributed by atoms with van der Waals surface area (Å²) < 4.78 is 39.4. The minimum atomic E-state index is -3.50. The average Bonchev–Trinajstić information content (AvgIpc) is 2.53. The maximum atomic E-state index is 12.9. The smallest absolute Gasteiger partial charge is 0.282 e. The van der Waals surface area contributed by atoms with Crippen molar-refractivity contribution in [2.75, 3.05) is 34.4 Å². The predicted octanol–water partition coefficient (Wildman–Crippen LogP) is 2.36. The van der Waals surface area contributed by atoms with Gasteiger partial charge in [-0.1, -0.05) is 13.8 Å². The Morgan fingerprint density at radius 1 is 1.17 bits per heavy atom.